The van der Waals surface area contributed by atoms with Crippen LogP contribution in [0, 0.1) is 11.7 Å². The van der Waals surface area contributed by atoms with Crippen molar-refractivity contribution in [3.8, 4) is 5.75 Å². The molecule has 27 heavy (non-hydrogen) atoms. The highest BCUT2D eigenvalue weighted by Crippen LogP contribution is 2.23. The minimum Gasteiger partial charge on any atom is -0.486 e. The molecule has 0 saturated carbocycles. The second-order valence-corrected chi connectivity index (χ2v) is 8.35. The van der Waals surface area contributed by atoms with Gasteiger partial charge >= 0.3 is 0 Å². The summed E-state index contributed by atoms with van der Waals surface area (Å²) in [7, 11) is 0. The fourth-order valence-corrected chi connectivity index (χ4v) is 3.95. The Labute approximate surface area is 165 Å². The van der Waals surface area contributed by atoms with E-state index in [0.717, 1.165) is 18.5 Å². The van der Waals surface area contributed by atoms with Gasteiger partial charge in [0.15, 0.2) is 5.82 Å². The van der Waals surface area contributed by atoms with E-state index in [1.54, 1.807) is 23.5 Å². The lowest BCUT2D eigenvalue weighted by Crippen LogP contribution is -2.15. The van der Waals surface area contributed by atoms with E-state index in [1.807, 2.05) is 0 Å². The zero-order chi connectivity index (χ0) is 19.2. The minimum absolute atomic E-state index is 0.158. The summed E-state index contributed by atoms with van der Waals surface area (Å²) < 4.78 is 19.9. The molecule has 0 radical (unpaired) electrons. The van der Waals surface area contributed by atoms with Crippen LogP contribution in [-0.4, -0.2) is 19.9 Å². The van der Waals surface area contributed by atoms with Gasteiger partial charge in [0.1, 0.15) is 18.2 Å². The van der Waals surface area contributed by atoms with Crippen molar-refractivity contribution in [1.82, 2.24) is 19.9 Å². The second-order valence-electron chi connectivity index (χ2n) is 6.47. The maximum Gasteiger partial charge on any atom is 0.210 e. The minimum atomic E-state index is -0.308. The highest BCUT2D eigenvalue weighted by atomic mass is 32.2. The number of rotatable bonds is 9. The predicted octanol–water partition coefficient (Wildman–Crippen LogP) is 4.05. The van der Waals surface area contributed by atoms with E-state index in [4.69, 9.17) is 10.6 Å². The van der Waals surface area contributed by atoms with Crippen molar-refractivity contribution in [2.45, 2.75) is 44.2 Å². The molecule has 9 heteroatoms. The Bertz CT molecular complexity index is 863. The lowest BCUT2D eigenvalue weighted by atomic mass is 10.1. The topological polar surface area (TPSA) is 78.9 Å². The summed E-state index contributed by atoms with van der Waals surface area (Å²) in [5, 5.41) is 12.0. The Kier molecular flexibility index (Phi) is 6.68. The van der Waals surface area contributed by atoms with Crippen molar-refractivity contribution in [1.29, 1.82) is 0 Å². The maximum atomic E-state index is 12.9. The van der Waals surface area contributed by atoms with Gasteiger partial charge in [-0.2, -0.15) is 0 Å². The number of ether oxygens (including phenoxy) is 1. The van der Waals surface area contributed by atoms with Crippen LogP contribution in [0.1, 0.15) is 36.8 Å². The number of hydrogen-bond donors (Lipinski definition) is 1. The molecule has 2 aromatic heterocycles. The molecular formula is C18H22FN5OS2. The summed E-state index contributed by atoms with van der Waals surface area (Å²) in [6, 6.07) is 5.79. The molecule has 0 amide bonds. The molecule has 0 atom stereocenters. The SMILES string of the molecule is CC(C)CCc1nc(CSc2nnc(COc3ccc(F)cc3)n2N)cs1. The molecule has 2 heterocycles. The van der Waals surface area contributed by atoms with Crippen molar-refractivity contribution in [2.75, 3.05) is 5.84 Å². The van der Waals surface area contributed by atoms with Crippen molar-refractivity contribution in [2.24, 2.45) is 5.92 Å². The van der Waals surface area contributed by atoms with Gasteiger partial charge in [-0.05, 0) is 43.0 Å². The van der Waals surface area contributed by atoms with Crippen molar-refractivity contribution in [3.63, 3.8) is 0 Å². The average molecular weight is 408 g/mol. The molecule has 0 fully saturated rings. The van der Waals surface area contributed by atoms with Gasteiger partial charge in [0.05, 0.1) is 10.7 Å². The summed E-state index contributed by atoms with van der Waals surface area (Å²) in [5.74, 6) is 8.16. The number of aromatic nitrogens is 4. The van der Waals surface area contributed by atoms with Crippen LogP contribution in [0.3, 0.4) is 0 Å². The Morgan fingerprint density at radius 2 is 2.04 bits per heavy atom. The summed E-state index contributed by atoms with van der Waals surface area (Å²) >= 11 is 3.18. The van der Waals surface area contributed by atoms with Crippen molar-refractivity contribution in [3.05, 3.63) is 52.0 Å². The van der Waals surface area contributed by atoms with Crippen LogP contribution in [0.2, 0.25) is 0 Å². The first-order valence-corrected chi connectivity index (χ1v) is 10.5. The number of thioether (sulfide) groups is 1. The smallest absolute Gasteiger partial charge is 0.210 e. The third-order valence-electron chi connectivity index (χ3n) is 3.80. The van der Waals surface area contributed by atoms with Crippen molar-refractivity contribution >= 4 is 23.1 Å². The monoisotopic (exact) mass is 407 g/mol. The van der Waals surface area contributed by atoms with Gasteiger partial charge in [-0.25, -0.2) is 14.1 Å². The number of thiazole rings is 1. The maximum absolute atomic E-state index is 12.9. The fraction of sp³-hybridized carbons (Fsp3) is 0.389. The third kappa shape index (κ3) is 5.67. The largest absolute Gasteiger partial charge is 0.486 e. The van der Waals surface area contributed by atoms with Crippen LogP contribution in [0.5, 0.6) is 5.75 Å². The van der Waals surface area contributed by atoms with Crippen LogP contribution in [-0.2, 0) is 18.8 Å². The molecule has 0 bridgehead atoms. The lowest BCUT2D eigenvalue weighted by Gasteiger charge is -2.06. The predicted molar refractivity (Wildman–Crippen MR) is 106 cm³/mol. The Morgan fingerprint density at radius 1 is 1.26 bits per heavy atom. The normalized spacial score (nSPS) is 11.3. The molecule has 0 spiro atoms. The number of halogens is 1. The fourth-order valence-electron chi connectivity index (χ4n) is 2.26. The average Bonchev–Trinajstić information content (AvgIpc) is 3.24. The second kappa shape index (κ2) is 9.18. The molecule has 6 nitrogen and oxygen atoms in total. The first-order chi connectivity index (χ1) is 13.0. The quantitative estimate of drug-likeness (QED) is 0.426. The number of nitrogens with two attached hydrogens (primary N) is 1. The summed E-state index contributed by atoms with van der Waals surface area (Å²) in [4.78, 5) is 4.66. The van der Waals surface area contributed by atoms with E-state index in [1.165, 1.54) is 33.6 Å². The van der Waals surface area contributed by atoms with Gasteiger partial charge in [-0.3, -0.25) is 0 Å². The van der Waals surface area contributed by atoms with Gasteiger partial charge in [-0.15, -0.1) is 21.5 Å². The molecule has 0 aliphatic heterocycles. The number of benzene rings is 1. The van der Waals surface area contributed by atoms with Gasteiger partial charge in [0, 0.05) is 11.1 Å². The van der Waals surface area contributed by atoms with Gasteiger partial charge in [0.2, 0.25) is 5.16 Å². The van der Waals surface area contributed by atoms with E-state index >= 15 is 0 Å². The summed E-state index contributed by atoms with van der Waals surface area (Å²) in [6.07, 6.45) is 2.17. The van der Waals surface area contributed by atoms with Gasteiger partial charge in [-0.1, -0.05) is 25.6 Å². The number of nitrogens with zero attached hydrogens (tertiary/aromatic N) is 4. The van der Waals surface area contributed by atoms with E-state index in [-0.39, 0.29) is 12.4 Å². The first-order valence-electron chi connectivity index (χ1n) is 8.65. The molecule has 0 unspecified atom stereocenters. The van der Waals surface area contributed by atoms with E-state index < -0.39 is 0 Å². The molecule has 144 valence electrons. The van der Waals surface area contributed by atoms with E-state index in [0.29, 0.717) is 28.4 Å². The van der Waals surface area contributed by atoms with Crippen LogP contribution in [0.25, 0.3) is 0 Å². The molecule has 2 N–H and O–H groups in total. The summed E-state index contributed by atoms with van der Waals surface area (Å²) in [5.41, 5.74) is 1.02. The third-order valence-corrected chi connectivity index (χ3v) is 5.73. The van der Waals surface area contributed by atoms with Crippen molar-refractivity contribution < 1.29 is 9.13 Å². The molecular weight excluding hydrogens is 385 g/mol. The lowest BCUT2D eigenvalue weighted by molar-refractivity contribution is 0.291. The molecule has 0 aliphatic carbocycles. The first kappa shape index (κ1) is 19.6. The number of aryl methyl sites for hydroxylation is 1. The standard InChI is InChI=1S/C18H22FN5OS2/c1-12(2)3-8-17-21-14(10-26-17)11-27-18-23-22-16(24(18)20)9-25-15-6-4-13(19)5-7-15/h4-7,10,12H,3,8-9,11,20H2,1-2H3. The summed E-state index contributed by atoms with van der Waals surface area (Å²) in [6.45, 7) is 4.59. The Hall–Kier alpha value is -2.13. The van der Waals surface area contributed by atoms with E-state index in [2.05, 4.69) is 34.4 Å². The molecule has 1 aromatic carbocycles. The number of hydrogen-bond acceptors (Lipinski definition) is 7. The molecule has 0 saturated heterocycles. The number of nitrogen functional groups attached to an aromatic ring is 1. The Morgan fingerprint density at radius 3 is 2.78 bits per heavy atom. The van der Waals surface area contributed by atoms with Gasteiger partial charge in [0.25, 0.3) is 0 Å². The highest BCUT2D eigenvalue weighted by Gasteiger charge is 2.12. The zero-order valence-corrected chi connectivity index (χ0v) is 16.9. The van der Waals surface area contributed by atoms with Crippen LogP contribution < -0.4 is 10.6 Å². The zero-order valence-electron chi connectivity index (χ0n) is 15.3. The van der Waals surface area contributed by atoms with Gasteiger partial charge < -0.3 is 10.6 Å². The van der Waals surface area contributed by atoms with Crippen LogP contribution in [0.4, 0.5) is 4.39 Å². The Balaban J connectivity index is 1.52. The highest BCUT2D eigenvalue weighted by molar-refractivity contribution is 7.98. The van der Waals surface area contributed by atoms with Crippen LogP contribution >= 0.6 is 23.1 Å². The molecule has 3 rings (SSSR count). The molecule has 3 aromatic rings. The molecule has 0 aliphatic rings. The van der Waals surface area contributed by atoms with Crippen LogP contribution in [0.15, 0.2) is 34.8 Å². The van der Waals surface area contributed by atoms with E-state index in [9.17, 15) is 4.39 Å².